The monoisotopic (exact) mass is 352 g/mol. The highest BCUT2D eigenvalue weighted by Crippen LogP contribution is 2.21. The number of benzene rings is 2. The third-order valence-electron chi connectivity index (χ3n) is 4.25. The van der Waals surface area contributed by atoms with Crippen molar-refractivity contribution in [2.24, 2.45) is 0 Å². The van der Waals surface area contributed by atoms with Crippen LogP contribution in [0.3, 0.4) is 0 Å². The van der Waals surface area contributed by atoms with Crippen LogP contribution in [0.1, 0.15) is 11.1 Å². The van der Waals surface area contributed by atoms with Crippen LogP contribution < -0.4 is 0 Å². The van der Waals surface area contributed by atoms with Crippen LogP contribution in [0, 0.1) is 10.8 Å². The number of aromatic nitrogens is 2. The summed E-state index contributed by atoms with van der Waals surface area (Å²) in [6.07, 6.45) is 6.70. The number of nitrogens with one attached hydrogen (secondary N) is 2. The van der Waals surface area contributed by atoms with Crippen molar-refractivity contribution in [1.29, 1.82) is 10.8 Å². The third kappa shape index (κ3) is 3.43. The largest absolute Gasteiger partial charge is 0.421 e. The fourth-order valence-corrected chi connectivity index (χ4v) is 2.91. The minimum atomic E-state index is -0.114. The van der Waals surface area contributed by atoms with E-state index in [1.54, 1.807) is 24.8 Å². The van der Waals surface area contributed by atoms with E-state index in [0.717, 1.165) is 21.9 Å². The number of fused-ring (bicyclic) bond motifs is 1. The fourth-order valence-electron chi connectivity index (χ4n) is 2.91. The summed E-state index contributed by atoms with van der Waals surface area (Å²) < 4.78 is 5.54. The molecule has 2 aromatic heterocycles. The van der Waals surface area contributed by atoms with E-state index in [4.69, 9.17) is 15.6 Å². The summed E-state index contributed by atoms with van der Waals surface area (Å²) in [4.78, 5) is 8.21. The van der Waals surface area contributed by atoms with Crippen molar-refractivity contribution in [3.63, 3.8) is 0 Å². The lowest BCUT2D eigenvalue weighted by atomic mass is 10.0. The van der Waals surface area contributed by atoms with Gasteiger partial charge >= 0.3 is 0 Å². The zero-order valence-corrected chi connectivity index (χ0v) is 14.4. The number of pyridine rings is 2. The Hall–Kier alpha value is -3.86. The van der Waals surface area contributed by atoms with Crippen LogP contribution >= 0.6 is 0 Å². The summed E-state index contributed by atoms with van der Waals surface area (Å²) >= 11 is 0. The first-order chi connectivity index (χ1) is 13.2. The normalized spacial score (nSPS) is 10.5. The van der Waals surface area contributed by atoms with E-state index in [0.29, 0.717) is 11.1 Å². The van der Waals surface area contributed by atoms with Crippen LogP contribution in [0.4, 0.5) is 0 Å². The van der Waals surface area contributed by atoms with Gasteiger partial charge in [0.05, 0.1) is 5.56 Å². The number of ether oxygens (including phenoxy) is 1. The Labute approximate surface area is 156 Å². The van der Waals surface area contributed by atoms with Gasteiger partial charge in [-0.05, 0) is 40.6 Å². The molecule has 0 aliphatic heterocycles. The lowest BCUT2D eigenvalue weighted by Gasteiger charge is -2.11. The van der Waals surface area contributed by atoms with Gasteiger partial charge in [0.1, 0.15) is 0 Å². The second-order valence-corrected chi connectivity index (χ2v) is 5.99. The van der Waals surface area contributed by atoms with Crippen molar-refractivity contribution < 1.29 is 4.74 Å². The van der Waals surface area contributed by atoms with Gasteiger partial charge in [0.25, 0.3) is 0 Å². The Morgan fingerprint density at radius 1 is 0.741 bits per heavy atom. The second kappa shape index (κ2) is 7.17. The van der Waals surface area contributed by atoms with Crippen LogP contribution in [0.15, 0.2) is 85.5 Å². The quantitative estimate of drug-likeness (QED) is 0.415. The van der Waals surface area contributed by atoms with Crippen molar-refractivity contribution in [3.05, 3.63) is 96.6 Å². The molecule has 2 N–H and O–H groups in total. The van der Waals surface area contributed by atoms with Gasteiger partial charge in [0, 0.05) is 35.9 Å². The number of nitrogens with zero attached hydrogens (tertiary/aromatic N) is 2. The number of hydrogen-bond acceptors (Lipinski definition) is 5. The van der Waals surface area contributed by atoms with Crippen molar-refractivity contribution >= 4 is 22.6 Å². The van der Waals surface area contributed by atoms with E-state index in [9.17, 15) is 0 Å². The Morgan fingerprint density at radius 2 is 1.52 bits per heavy atom. The fraction of sp³-hybridized carbons (Fsp3) is 0. The van der Waals surface area contributed by atoms with Gasteiger partial charge in [0.15, 0.2) is 0 Å². The first-order valence-electron chi connectivity index (χ1n) is 8.41. The molecule has 4 aromatic rings. The molecule has 0 radical (unpaired) electrons. The first-order valence-corrected chi connectivity index (χ1v) is 8.41. The molecule has 5 heteroatoms. The molecule has 0 fully saturated rings. The predicted molar refractivity (Wildman–Crippen MR) is 106 cm³/mol. The molecule has 0 saturated heterocycles. The van der Waals surface area contributed by atoms with E-state index < -0.39 is 0 Å². The minimum Gasteiger partial charge on any atom is -0.421 e. The maximum absolute atomic E-state index is 8.32. The van der Waals surface area contributed by atoms with Gasteiger partial charge in [-0.3, -0.25) is 20.8 Å². The summed E-state index contributed by atoms with van der Waals surface area (Å²) in [5, 5.41) is 18.5. The predicted octanol–water partition coefficient (Wildman–Crippen LogP) is 4.66. The summed E-state index contributed by atoms with van der Waals surface area (Å²) in [7, 11) is 0. The van der Waals surface area contributed by atoms with Gasteiger partial charge in [-0.2, -0.15) is 0 Å². The highest BCUT2D eigenvalue weighted by atomic mass is 16.5. The smallest absolute Gasteiger partial charge is 0.222 e. The molecule has 0 amide bonds. The van der Waals surface area contributed by atoms with Gasteiger partial charge in [-0.25, -0.2) is 0 Å². The maximum atomic E-state index is 8.32. The summed E-state index contributed by atoms with van der Waals surface area (Å²) in [6.45, 7) is 0. The molecule has 2 heterocycles. The van der Waals surface area contributed by atoms with Gasteiger partial charge < -0.3 is 4.74 Å². The minimum absolute atomic E-state index is 0.0638. The van der Waals surface area contributed by atoms with E-state index in [1.165, 1.54) is 0 Å². The average molecular weight is 352 g/mol. The summed E-state index contributed by atoms with van der Waals surface area (Å²) in [5.41, 5.74) is 2.97. The SMILES string of the molecule is N=C(OC(=N)c1cccc2ccccc12)c1cncc(-c2ccncc2)c1. The van der Waals surface area contributed by atoms with Gasteiger partial charge in [-0.1, -0.05) is 36.4 Å². The van der Waals surface area contributed by atoms with Crippen LogP contribution in [0.5, 0.6) is 0 Å². The molecular formula is C22H16N4O. The number of hydrogen-bond donors (Lipinski definition) is 2. The van der Waals surface area contributed by atoms with Gasteiger partial charge in [0.2, 0.25) is 11.8 Å². The zero-order valence-electron chi connectivity index (χ0n) is 14.4. The van der Waals surface area contributed by atoms with Crippen LogP contribution in [0.25, 0.3) is 21.9 Å². The summed E-state index contributed by atoms with van der Waals surface area (Å²) in [5.74, 6) is -0.178. The van der Waals surface area contributed by atoms with E-state index >= 15 is 0 Å². The lowest BCUT2D eigenvalue weighted by molar-refractivity contribution is 0.538. The lowest BCUT2D eigenvalue weighted by Crippen LogP contribution is -2.13. The highest BCUT2D eigenvalue weighted by molar-refractivity contribution is 6.11. The molecule has 0 spiro atoms. The maximum Gasteiger partial charge on any atom is 0.222 e. The Bertz CT molecular complexity index is 1130. The molecule has 0 atom stereocenters. The molecule has 27 heavy (non-hydrogen) atoms. The van der Waals surface area contributed by atoms with Crippen LogP contribution in [-0.2, 0) is 4.74 Å². The van der Waals surface area contributed by atoms with Crippen molar-refractivity contribution in [3.8, 4) is 11.1 Å². The second-order valence-electron chi connectivity index (χ2n) is 5.99. The molecular weight excluding hydrogens is 336 g/mol. The molecule has 5 nitrogen and oxygen atoms in total. The first kappa shape index (κ1) is 16.6. The molecule has 0 saturated carbocycles. The van der Waals surface area contributed by atoms with Crippen molar-refractivity contribution in [2.75, 3.05) is 0 Å². The number of rotatable bonds is 3. The Balaban J connectivity index is 1.60. The third-order valence-corrected chi connectivity index (χ3v) is 4.25. The molecule has 2 aromatic carbocycles. The highest BCUT2D eigenvalue weighted by Gasteiger charge is 2.12. The standard InChI is InChI=1S/C22H16N4O/c23-21(18-12-17(13-26-14-18)15-8-10-25-11-9-15)27-22(24)20-7-3-5-16-4-1-2-6-19(16)20/h1-14,23-24H. The molecule has 0 aliphatic carbocycles. The molecule has 130 valence electrons. The average Bonchev–Trinajstić information content (AvgIpc) is 2.74. The summed E-state index contributed by atoms with van der Waals surface area (Å²) in [6, 6.07) is 19.1. The molecule has 0 unspecified atom stereocenters. The molecule has 0 bridgehead atoms. The Kier molecular flexibility index (Phi) is 4.41. The topological polar surface area (TPSA) is 82.7 Å². The zero-order chi connectivity index (χ0) is 18.6. The van der Waals surface area contributed by atoms with Crippen molar-refractivity contribution in [1.82, 2.24) is 9.97 Å². The molecule has 0 aliphatic rings. The van der Waals surface area contributed by atoms with E-state index in [1.807, 2.05) is 60.7 Å². The molecule has 4 rings (SSSR count). The van der Waals surface area contributed by atoms with Gasteiger partial charge in [-0.15, -0.1) is 0 Å². The van der Waals surface area contributed by atoms with Crippen molar-refractivity contribution in [2.45, 2.75) is 0 Å². The van der Waals surface area contributed by atoms with Crippen LogP contribution in [0.2, 0.25) is 0 Å². The van der Waals surface area contributed by atoms with E-state index in [-0.39, 0.29) is 11.8 Å². The van der Waals surface area contributed by atoms with E-state index in [2.05, 4.69) is 9.97 Å². The Morgan fingerprint density at radius 3 is 2.37 bits per heavy atom. The van der Waals surface area contributed by atoms with Crippen LogP contribution in [-0.4, -0.2) is 21.8 Å².